The van der Waals surface area contributed by atoms with Crippen molar-refractivity contribution in [3.05, 3.63) is 42.2 Å². The van der Waals surface area contributed by atoms with Gasteiger partial charge >= 0.3 is 0 Å². The Morgan fingerprint density at radius 1 is 1.14 bits per heavy atom. The van der Waals surface area contributed by atoms with Crippen LogP contribution in [0.2, 0.25) is 0 Å². The number of hydrogen-bond donors (Lipinski definition) is 4. The lowest BCUT2D eigenvalue weighted by molar-refractivity contribution is 0.969. The zero-order chi connectivity index (χ0) is 15.1. The summed E-state index contributed by atoms with van der Waals surface area (Å²) in [6.07, 6.45) is 4.41. The van der Waals surface area contributed by atoms with Gasteiger partial charge in [0.25, 0.3) is 0 Å². The van der Waals surface area contributed by atoms with Crippen LogP contribution in [0.25, 0.3) is 33.1 Å². The lowest BCUT2D eigenvalue weighted by atomic mass is 9.98. The van der Waals surface area contributed by atoms with Crippen molar-refractivity contribution >= 4 is 27.6 Å². The van der Waals surface area contributed by atoms with Crippen molar-refractivity contribution in [1.82, 2.24) is 20.2 Å². The van der Waals surface area contributed by atoms with Crippen LogP contribution in [0.5, 0.6) is 0 Å². The summed E-state index contributed by atoms with van der Waals surface area (Å²) in [6, 6.07) is 8.08. The Balaban J connectivity index is 2.08. The van der Waals surface area contributed by atoms with E-state index in [1.807, 2.05) is 24.4 Å². The molecule has 0 atom stereocenters. The molecule has 6 N–H and O–H groups in total. The first-order valence-corrected chi connectivity index (χ1v) is 7.17. The minimum absolute atomic E-state index is 0.533. The number of nitrogens with zero attached hydrogens (tertiary/aromatic N) is 2. The zero-order valence-electron chi connectivity index (χ0n) is 11.9. The highest BCUT2D eigenvalue weighted by atomic mass is 15.1. The molecule has 0 aliphatic heterocycles. The second-order valence-electron chi connectivity index (χ2n) is 5.30. The van der Waals surface area contributed by atoms with Crippen LogP contribution >= 0.6 is 0 Å². The molecule has 1 aromatic carbocycles. The molecule has 0 spiro atoms. The van der Waals surface area contributed by atoms with Crippen LogP contribution in [0.1, 0.15) is 5.56 Å². The Labute approximate surface area is 126 Å². The molecule has 6 nitrogen and oxygen atoms in total. The first-order valence-electron chi connectivity index (χ1n) is 7.17. The number of rotatable bonds is 3. The summed E-state index contributed by atoms with van der Waals surface area (Å²) in [6.45, 7) is 0.586. The van der Waals surface area contributed by atoms with Crippen LogP contribution in [-0.4, -0.2) is 26.7 Å². The van der Waals surface area contributed by atoms with Gasteiger partial charge in [-0.1, -0.05) is 0 Å². The van der Waals surface area contributed by atoms with Gasteiger partial charge in [0.1, 0.15) is 5.82 Å². The maximum Gasteiger partial charge on any atom is 0.133 e. The van der Waals surface area contributed by atoms with Crippen LogP contribution in [0.4, 0.5) is 5.82 Å². The molecule has 0 fully saturated rings. The van der Waals surface area contributed by atoms with E-state index in [-0.39, 0.29) is 0 Å². The van der Waals surface area contributed by atoms with Crippen molar-refractivity contribution in [3.8, 4) is 11.3 Å². The number of anilines is 1. The predicted molar refractivity (Wildman–Crippen MR) is 88.4 cm³/mol. The zero-order valence-corrected chi connectivity index (χ0v) is 11.9. The van der Waals surface area contributed by atoms with Gasteiger partial charge < -0.3 is 16.5 Å². The maximum absolute atomic E-state index is 6.06. The van der Waals surface area contributed by atoms with Gasteiger partial charge in [0.05, 0.1) is 16.7 Å². The van der Waals surface area contributed by atoms with Crippen molar-refractivity contribution in [3.63, 3.8) is 0 Å². The maximum atomic E-state index is 6.06. The number of aromatic amines is 2. The quantitative estimate of drug-likeness (QED) is 0.464. The van der Waals surface area contributed by atoms with Crippen molar-refractivity contribution in [2.24, 2.45) is 5.73 Å². The number of fused-ring (bicyclic) bond motifs is 3. The summed E-state index contributed by atoms with van der Waals surface area (Å²) in [5, 5.41) is 9.04. The molecule has 22 heavy (non-hydrogen) atoms. The molecule has 6 heteroatoms. The number of pyridine rings is 1. The third-order valence-corrected chi connectivity index (χ3v) is 3.96. The van der Waals surface area contributed by atoms with E-state index in [0.29, 0.717) is 12.4 Å². The third-order valence-electron chi connectivity index (χ3n) is 3.96. The summed E-state index contributed by atoms with van der Waals surface area (Å²) in [5.41, 5.74) is 16.9. The molecule has 0 saturated carbocycles. The van der Waals surface area contributed by atoms with Gasteiger partial charge in [-0.05, 0) is 42.8 Å². The molecule has 0 saturated heterocycles. The van der Waals surface area contributed by atoms with Gasteiger partial charge in [-0.2, -0.15) is 5.10 Å². The molecule has 3 heterocycles. The van der Waals surface area contributed by atoms with Crippen molar-refractivity contribution < 1.29 is 0 Å². The van der Waals surface area contributed by atoms with Crippen LogP contribution in [0.15, 0.2) is 36.7 Å². The summed E-state index contributed by atoms with van der Waals surface area (Å²) in [4.78, 5) is 7.80. The Morgan fingerprint density at radius 3 is 2.82 bits per heavy atom. The van der Waals surface area contributed by atoms with Gasteiger partial charge in [-0.15, -0.1) is 0 Å². The van der Waals surface area contributed by atoms with Crippen molar-refractivity contribution in [2.45, 2.75) is 6.42 Å². The highest BCUT2D eigenvalue weighted by Gasteiger charge is 2.13. The summed E-state index contributed by atoms with van der Waals surface area (Å²) in [7, 11) is 0. The summed E-state index contributed by atoms with van der Waals surface area (Å²) in [5.74, 6) is 0.533. The minimum Gasteiger partial charge on any atom is -0.383 e. The molecule has 4 aromatic rings. The largest absolute Gasteiger partial charge is 0.383 e. The average molecular weight is 292 g/mol. The number of nitrogen functional groups attached to an aromatic ring is 1. The molecule has 0 amide bonds. The van der Waals surface area contributed by atoms with E-state index < -0.39 is 0 Å². The van der Waals surface area contributed by atoms with E-state index in [1.165, 1.54) is 5.56 Å². The van der Waals surface area contributed by atoms with Crippen LogP contribution in [0, 0.1) is 0 Å². The number of H-pyrrole nitrogens is 2. The van der Waals surface area contributed by atoms with Crippen LogP contribution < -0.4 is 11.5 Å². The second kappa shape index (κ2) is 4.85. The molecule has 0 bridgehead atoms. The molecule has 4 rings (SSSR count). The highest BCUT2D eigenvalue weighted by Crippen LogP contribution is 2.32. The van der Waals surface area contributed by atoms with Gasteiger partial charge in [-0.25, -0.2) is 4.98 Å². The SMILES string of the molecule is NCCc1cc2c(cc1-c1ccn[nH]1)nc(N)c1cc[nH]c12. The van der Waals surface area contributed by atoms with Crippen LogP contribution in [-0.2, 0) is 6.42 Å². The molecular weight excluding hydrogens is 276 g/mol. The Bertz CT molecular complexity index is 952. The van der Waals surface area contributed by atoms with E-state index >= 15 is 0 Å². The number of nitrogens with one attached hydrogen (secondary N) is 2. The van der Waals surface area contributed by atoms with E-state index in [0.717, 1.165) is 39.5 Å². The van der Waals surface area contributed by atoms with E-state index in [1.54, 1.807) is 6.20 Å². The van der Waals surface area contributed by atoms with Crippen molar-refractivity contribution in [2.75, 3.05) is 12.3 Å². The molecule has 0 radical (unpaired) electrons. The van der Waals surface area contributed by atoms with Crippen molar-refractivity contribution in [1.29, 1.82) is 0 Å². The Morgan fingerprint density at radius 2 is 2.05 bits per heavy atom. The van der Waals surface area contributed by atoms with Crippen LogP contribution in [0.3, 0.4) is 0 Å². The van der Waals surface area contributed by atoms with E-state index in [4.69, 9.17) is 11.5 Å². The number of hydrogen-bond acceptors (Lipinski definition) is 4. The molecule has 0 aliphatic rings. The fraction of sp³-hybridized carbons (Fsp3) is 0.125. The molecule has 0 unspecified atom stereocenters. The van der Waals surface area contributed by atoms with E-state index in [9.17, 15) is 0 Å². The predicted octanol–water partition coefficient (Wildman–Crippen LogP) is 2.19. The Hall–Kier alpha value is -2.86. The van der Waals surface area contributed by atoms with Gasteiger partial charge in [0, 0.05) is 28.7 Å². The Kier molecular flexibility index (Phi) is 2.83. The standard InChI is InChI=1S/C16H16N6/c17-4-1-9-7-12-14(8-11(9)13-3-6-20-22-13)21-16(18)10-2-5-19-15(10)12/h2-3,5-8,19H,1,4,17H2,(H2,18,21)(H,20,22). The lowest BCUT2D eigenvalue weighted by Crippen LogP contribution is -2.05. The van der Waals surface area contributed by atoms with Gasteiger partial charge in [0.15, 0.2) is 0 Å². The first-order chi connectivity index (χ1) is 10.8. The normalized spacial score (nSPS) is 11.5. The number of benzene rings is 1. The topological polar surface area (TPSA) is 109 Å². The fourth-order valence-electron chi connectivity index (χ4n) is 2.94. The van der Waals surface area contributed by atoms with E-state index in [2.05, 4.69) is 26.2 Å². The number of nitrogens with two attached hydrogens (primary N) is 2. The summed E-state index contributed by atoms with van der Waals surface area (Å²) < 4.78 is 0. The number of aromatic nitrogens is 4. The van der Waals surface area contributed by atoms with Gasteiger partial charge in [0.2, 0.25) is 0 Å². The fourth-order valence-corrected chi connectivity index (χ4v) is 2.94. The minimum atomic E-state index is 0.533. The first kappa shape index (κ1) is 12.8. The average Bonchev–Trinajstić information content (AvgIpc) is 3.19. The second-order valence-corrected chi connectivity index (χ2v) is 5.30. The van der Waals surface area contributed by atoms with Gasteiger partial charge in [-0.3, -0.25) is 5.10 Å². The summed E-state index contributed by atoms with van der Waals surface area (Å²) >= 11 is 0. The molecule has 3 aromatic heterocycles. The molecule has 0 aliphatic carbocycles. The highest BCUT2D eigenvalue weighted by molar-refractivity contribution is 6.09. The lowest BCUT2D eigenvalue weighted by Gasteiger charge is -2.11. The molecule has 110 valence electrons. The monoisotopic (exact) mass is 292 g/mol. The third kappa shape index (κ3) is 1.85. The smallest absolute Gasteiger partial charge is 0.133 e. The molecular formula is C16H16N6.